The molecule has 0 spiro atoms. The van der Waals surface area contributed by atoms with Crippen LogP contribution in [0.25, 0.3) is 0 Å². The lowest BCUT2D eigenvalue weighted by molar-refractivity contribution is -0.157. The maximum absolute atomic E-state index is 11.9. The van der Waals surface area contributed by atoms with Crippen LogP contribution in [0.15, 0.2) is 10.6 Å². The molecule has 4 nitrogen and oxygen atoms in total. The fraction of sp³-hybridized carbons (Fsp3) is 0.333. The van der Waals surface area contributed by atoms with Crippen LogP contribution in [0.2, 0.25) is 0 Å². The van der Waals surface area contributed by atoms with Gasteiger partial charge in [0, 0.05) is 0 Å². The zero-order valence-corrected chi connectivity index (χ0v) is 6.38. The topological polar surface area (TPSA) is 52.3 Å². The van der Waals surface area contributed by atoms with Crippen LogP contribution in [0.1, 0.15) is 16.4 Å². The monoisotopic (exact) mass is 195 g/mol. The molecule has 1 heterocycles. The third kappa shape index (κ3) is 1.98. The maximum Gasteiger partial charge on any atom is 0.468 e. The lowest BCUT2D eigenvalue weighted by Gasteiger charge is -1.98. The number of esters is 1. The molecule has 0 aliphatic heterocycles. The molecule has 72 valence electrons. The van der Waals surface area contributed by atoms with Crippen molar-refractivity contribution in [2.24, 2.45) is 0 Å². The molecular weight excluding hydrogens is 191 g/mol. The van der Waals surface area contributed by atoms with E-state index in [4.69, 9.17) is 0 Å². The van der Waals surface area contributed by atoms with Crippen LogP contribution in [0.3, 0.4) is 0 Å². The molecule has 0 unspecified atom stereocenters. The molecule has 1 aromatic rings. The van der Waals surface area contributed by atoms with Crippen molar-refractivity contribution < 1.29 is 27.1 Å². The zero-order chi connectivity index (χ0) is 10.1. The summed E-state index contributed by atoms with van der Waals surface area (Å²) < 4.78 is 43.8. The number of methoxy groups -OCH3 is 1. The molecule has 0 saturated carbocycles. The molecule has 1 rings (SSSR count). The first-order valence-electron chi connectivity index (χ1n) is 3.06. The number of carbonyl (C=O) groups is 1. The SMILES string of the molecule is COC(=O)c1cnc(C(F)(F)F)o1. The Morgan fingerprint density at radius 3 is 2.62 bits per heavy atom. The molecule has 0 atom stereocenters. The summed E-state index contributed by atoms with van der Waals surface area (Å²) in [5.41, 5.74) is 0. The van der Waals surface area contributed by atoms with Gasteiger partial charge >= 0.3 is 18.0 Å². The number of alkyl halides is 3. The number of oxazole rings is 1. The van der Waals surface area contributed by atoms with Gasteiger partial charge in [-0.15, -0.1) is 0 Å². The standard InChI is InChI=1S/C6H4F3NO3/c1-12-4(11)3-2-10-5(13-3)6(7,8)9/h2H,1H3. The van der Waals surface area contributed by atoms with Crippen molar-refractivity contribution in [3.05, 3.63) is 17.8 Å². The van der Waals surface area contributed by atoms with Crippen LogP contribution in [0.5, 0.6) is 0 Å². The second kappa shape index (κ2) is 3.08. The highest BCUT2D eigenvalue weighted by atomic mass is 19.4. The van der Waals surface area contributed by atoms with E-state index in [0.29, 0.717) is 6.20 Å². The van der Waals surface area contributed by atoms with E-state index in [1.54, 1.807) is 0 Å². The summed E-state index contributed by atoms with van der Waals surface area (Å²) in [6.07, 6.45) is -4.03. The van der Waals surface area contributed by atoms with Gasteiger partial charge in [0.1, 0.15) is 0 Å². The van der Waals surface area contributed by atoms with E-state index in [1.807, 2.05) is 0 Å². The highest BCUT2D eigenvalue weighted by Gasteiger charge is 2.37. The smallest absolute Gasteiger partial charge is 0.463 e. The lowest BCUT2D eigenvalue weighted by atomic mass is 10.5. The molecule has 0 amide bonds. The van der Waals surface area contributed by atoms with Gasteiger partial charge in [0.05, 0.1) is 13.3 Å². The van der Waals surface area contributed by atoms with E-state index >= 15 is 0 Å². The summed E-state index contributed by atoms with van der Waals surface area (Å²) in [7, 11) is 1.03. The summed E-state index contributed by atoms with van der Waals surface area (Å²) in [5, 5.41) is 0. The molecule has 0 aliphatic rings. The van der Waals surface area contributed by atoms with Gasteiger partial charge in [-0.3, -0.25) is 0 Å². The van der Waals surface area contributed by atoms with E-state index in [2.05, 4.69) is 14.1 Å². The third-order valence-corrected chi connectivity index (χ3v) is 1.13. The van der Waals surface area contributed by atoms with E-state index in [9.17, 15) is 18.0 Å². The largest absolute Gasteiger partial charge is 0.468 e. The minimum Gasteiger partial charge on any atom is -0.463 e. The maximum atomic E-state index is 11.9. The highest BCUT2D eigenvalue weighted by Crippen LogP contribution is 2.28. The highest BCUT2D eigenvalue weighted by molar-refractivity contribution is 5.85. The van der Waals surface area contributed by atoms with Crippen molar-refractivity contribution in [3.8, 4) is 0 Å². The first-order valence-corrected chi connectivity index (χ1v) is 3.06. The van der Waals surface area contributed by atoms with Gasteiger partial charge in [-0.2, -0.15) is 13.2 Å². The predicted molar refractivity (Wildman–Crippen MR) is 32.8 cm³/mol. The van der Waals surface area contributed by atoms with Crippen LogP contribution < -0.4 is 0 Å². The van der Waals surface area contributed by atoms with Gasteiger partial charge in [0.15, 0.2) is 0 Å². The molecule has 0 N–H and O–H groups in total. The van der Waals surface area contributed by atoms with Gasteiger partial charge in [0.25, 0.3) is 0 Å². The van der Waals surface area contributed by atoms with Crippen molar-refractivity contribution in [2.75, 3.05) is 7.11 Å². The number of hydrogen-bond donors (Lipinski definition) is 0. The number of rotatable bonds is 1. The number of aromatic nitrogens is 1. The van der Waals surface area contributed by atoms with Gasteiger partial charge in [-0.25, -0.2) is 9.78 Å². The average Bonchev–Trinajstić information content (AvgIpc) is 2.50. The third-order valence-electron chi connectivity index (χ3n) is 1.13. The first-order chi connectivity index (χ1) is 5.95. The predicted octanol–water partition coefficient (Wildman–Crippen LogP) is 1.48. The molecule has 0 radical (unpaired) electrons. The van der Waals surface area contributed by atoms with Gasteiger partial charge in [-0.05, 0) is 0 Å². The molecular formula is C6H4F3NO3. The Hall–Kier alpha value is -1.53. The van der Waals surface area contributed by atoms with E-state index in [-0.39, 0.29) is 0 Å². The van der Waals surface area contributed by atoms with Crippen molar-refractivity contribution in [1.82, 2.24) is 4.98 Å². The van der Waals surface area contributed by atoms with Crippen molar-refractivity contribution >= 4 is 5.97 Å². The summed E-state index contributed by atoms with van der Waals surface area (Å²) in [5.74, 6) is -3.04. The fourth-order valence-corrected chi connectivity index (χ4v) is 0.600. The first kappa shape index (κ1) is 9.56. The Labute approximate surface area is 70.3 Å². The zero-order valence-electron chi connectivity index (χ0n) is 6.38. The Morgan fingerprint density at radius 2 is 2.23 bits per heavy atom. The molecule has 1 aromatic heterocycles. The number of ether oxygens (including phenoxy) is 1. The van der Waals surface area contributed by atoms with Crippen LogP contribution in [0.4, 0.5) is 13.2 Å². The summed E-state index contributed by atoms with van der Waals surface area (Å²) in [6.45, 7) is 0. The van der Waals surface area contributed by atoms with Crippen LogP contribution in [0, 0.1) is 0 Å². The number of nitrogens with zero attached hydrogens (tertiary/aromatic N) is 1. The molecule has 7 heteroatoms. The Bertz CT molecular complexity index is 317. The Kier molecular flexibility index (Phi) is 2.26. The van der Waals surface area contributed by atoms with Gasteiger partial charge in [0.2, 0.25) is 5.76 Å². The van der Waals surface area contributed by atoms with Crippen molar-refractivity contribution in [3.63, 3.8) is 0 Å². The van der Waals surface area contributed by atoms with Crippen LogP contribution in [-0.4, -0.2) is 18.1 Å². The van der Waals surface area contributed by atoms with E-state index in [1.165, 1.54) is 0 Å². The van der Waals surface area contributed by atoms with Crippen molar-refractivity contribution in [1.29, 1.82) is 0 Å². The normalized spacial score (nSPS) is 11.4. The molecule has 0 aromatic carbocycles. The molecule has 0 aliphatic carbocycles. The lowest BCUT2D eigenvalue weighted by Crippen LogP contribution is -2.05. The van der Waals surface area contributed by atoms with Gasteiger partial charge in [-0.1, -0.05) is 0 Å². The molecule has 13 heavy (non-hydrogen) atoms. The van der Waals surface area contributed by atoms with Crippen LogP contribution in [-0.2, 0) is 10.9 Å². The number of carbonyl (C=O) groups excluding carboxylic acids is 1. The fourth-order valence-electron chi connectivity index (χ4n) is 0.600. The minimum absolute atomic E-state index is 0.574. The minimum atomic E-state index is -4.69. The quantitative estimate of drug-likeness (QED) is 0.637. The molecule has 0 bridgehead atoms. The van der Waals surface area contributed by atoms with Crippen LogP contribution >= 0.6 is 0 Å². The Balaban J connectivity index is 2.93. The second-order valence-corrected chi connectivity index (χ2v) is 2.02. The van der Waals surface area contributed by atoms with E-state index in [0.717, 1.165) is 7.11 Å². The average molecular weight is 195 g/mol. The molecule has 0 fully saturated rings. The van der Waals surface area contributed by atoms with Gasteiger partial charge < -0.3 is 9.15 Å². The Morgan fingerprint density at radius 1 is 1.62 bits per heavy atom. The summed E-state index contributed by atoms with van der Waals surface area (Å²) in [6, 6.07) is 0. The summed E-state index contributed by atoms with van der Waals surface area (Å²) >= 11 is 0. The molecule has 0 saturated heterocycles. The second-order valence-electron chi connectivity index (χ2n) is 2.02. The number of halogens is 3. The summed E-state index contributed by atoms with van der Waals surface area (Å²) in [4.78, 5) is 13.5. The van der Waals surface area contributed by atoms with E-state index < -0.39 is 23.8 Å². The number of hydrogen-bond acceptors (Lipinski definition) is 4. The van der Waals surface area contributed by atoms with Crippen molar-refractivity contribution in [2.45, 2.75) is 6.18 Å².